The number of benzene rings is 2. The lowest BCUT2D eigenvalue weighted by Crippen LogP contribution is -2.31. The molecule has 63 heavy (non-hydrogen) atoms. The van der Waals surface area contributed by atoms with Crippen molar-refractivity contribution in [1.82, 2.24) is 0 Å². The number of aliphatic hydroxyl groups excluding tert-OH is 1. The van der Waals surface area contributed by atoms with Gasteiger partial charge >= 0.3 is 29.5 Å². The minimum Gasteiger partial charge on any atom is -0.508 e. The van der Waals surface area contributed by atoms with E-state index >= 15 is 0 Å². The van der Waals surface area contributed by atoms with Gasteiger partial charge in [-0.15, -0.1) is 0 Å². The minimum atomic E-state index is -2.18. The molecule has 0 bridgehead atoms. The molecular weight excluding hydrogens is 981 g/mol. The summed E-state index contributed by atoms with van der Waals surface area (Å²) < 4.78 is 23.9. The summed E-state index contributed by atoms with van der Waals surface area (Å²) in [5.74, 6) is -1.92. The molecule has 0 radical (unpaired) electrons. The molecule has 0 aliphatic rings. The van der Waals surface area contributed by atoms with Crippen LogP contribution in [0.5, 0.6) is 11.5 Å². The smallest absolute Gasteiger partial charge is 0.508 e. The number of aliphatic hydroxyl groups is 1. The average Bonchev–Trinajstić information content (AvgIpc) is 3.25. The predicted octanol–water partition coefficient (Wildman–Crippen LogP) is 9.50. The van der Waals surface area contributed by atoms with Gasteiger partial charge in [0, 0.05) is 36.4 Å². The Morgan fingerprint density at radius 2 is 0.905 bits per heavy atom. The molecule has 0 heterocycles. The number of unbranched alkanes of at least 4 members (excludes halogenated alkanes) is 3. The number of hydrogen-bond acceptors (Lipinski definition) is 16. The van der Waals surface area contributed by atoms with Gasteiger partial charge in [-0.25, -0.2) is 24.0 Å². The summed E-state index contributed by atoms with van der Waals surface area (Å²) in [5.41, 5.74) is 0.223. The lowest BCUT2D eigenvalue weighted by Gasteiger charge is -2.14. The second-order valence-corrected chi connectivity index (χ2v) is 15.7. The second-order valence-electron chi connectivity index (χ2n) is 10.9. The van der Waals surface area contributed by atoms with Crippen LogP contribution in [-0.2, 0) is 42.9 Å². The average molecular weight is 1020 g/mol. The number of alkyl halides is 6. The SMILES string of the molecule is C=CC(=O)OCCCCO.C=CC(=O)OCCCCOC(=O)Cl.C=CC(=O)OCCCCOC(=O)Oc1ccc(C#N)cc1.N#Cc1ccc(O)cc1.O=C(C(Cl)(Cl)Cl)C(Cl)(Cl)Cl. The van der Waals surface area contributed by atoms with Crippen molar-refractivity contribution in [2.24, 2.45) is 0 Å². The standard InChI is InChI=1S/C15H15NO5.C8H11ClO4.C7H5NO.C7H12O3.C3Cl6O/c1-2-14(17)19-9-3-4-10-20-15(18)21-13-7-5-12(11-16)6-8-13;1-2-7(10)12-5-3-4-6-13-8(9)11;8-5-6-1-3-7(9)4-2-6;1-2-7(9)10-6-4-3-5-8;4-2(5,6)1(10)3(7,8)9/h2,5-8H,1,3-4,9-10H2;2H,1,3-6H2;1-4,9H;2,8H,1,3-6H2;. The number of esters is 3. The summed E-state index contributed by atoms with van der Waals surface area (Å²) in [6.45, 7) is 11.2. The fourth-order valence-electron chi connectivity index (χ4n) is 3.04. The van der Waals surface area contributed by atoms with E-state index in [1.54, 1.807) is 12.1 Å². The molecule has 2 N–H and O–H groups in total. The highest BCUT2D eigenvalue weighted by atomic mass is 35.6. The van der Waals surface area contributed by atoms with Crippen molar-refractivity contribution in [2.45, 2.75) is 46.1 Å². The summed E-state index contributed by atoms with van der Waals surface area (Å²) in [5, 5.41) is 34.0. The third-order valence-electron chi connectivity index (χ3n) is 5.99. The lowest BCUT2D eigenvalue weighted by atomic mass is 10.2. The Balaban J connectivity index is -0.000000748. The molecule has 0 aromatic heterocycles. The van der Waals surface area contributed by atoms with Gasteiger partial charge in [-0.3, -0.25) is 4.79 Å². The zero-order valence-electron chi connectivity index (χ0n) is 33.3. The Morgan fingerprint density at radius 3 is 1.21 bits per heavy atom. The molecule has 0 saturated heterocycles. The molecule has 0 aliphatic heterocycles. The first-order valence-corrected chi connectivity index (χ1v) is 20.3. The van der Waals surface area contributed by atoms with Crippen molar-refractivity contribution >= 4 is 116 Å². The molecule has 16 nitrogen and oxygen atoms in total. The molecule has 0 amide bonds. The van der Waals surface area contributed by atoms with E-state index in [1.807, 2.05) is 12.1 Å². The Labute approximate surface area is 399 Å². The number of aromatic hydroxyl groups is 1. The maximum absolute atomic E-state index is 11.3. The van der Waals surface area contributed by atoms with Crippen LogP contribution >= 0.6 is 81.2 Å². The second kappa shape index (κ2) is 38.9. The fraction of sp³-hybridized carbons (Fsp3) is 0.350. The summed E-state index contributed by atoms with van der Waals surface area (Å²) in [4.78, 5) is 63.7. The zero-order chi connectivity index (χ0) is 48.7. The van der Waals surface area contributed by atoms with Crippen molar-refractivity contribution in [3.05, 3.63) is 97.6 Å². The number of phenolic OH excluding ortho intramolecular Hbond substituents is 1. The van der Waals surface area contributed by atoms with Crippen LogP contribution in [0, 0.1) is 22.7 Å². The van der Waals surface area contributed by atoms with Gasteiger partial charge in [0.25, 0.3) is 7.59 Å². The number of Topliss-reactive ketones (excluding diaryl/α,β-unsaturated/α-hetero) is 1. The third-order valence-corrected chi connectivity index (χ3v) is 7.13. The Hall–Kier alpha value is -4.75. The number of carbonyl (C=O) groups is 6. The molecule has 0 saturated carbocycles. The highest BCUT2D eigenvalue weighted by Crippen LogP contribution is 2.39. The Morgan fingerprint density at radius 1 is 0.571 bits per heavy atom. The van der Waals surface area contributed by atoms with Gasteiger partial charge in [-0.1, -0.05) is 89.3 Å². The monoisotopic (exact) mass is 1020 g/mol. The topological polar surface area (TPSA) is 246 Å². The normalized spacial score (nSPS) is 9.68. The highest BCUT2D eigenvalue weighted by Gasteiger charge is 2.44. The Kier molecular flexibility index (Phi) is 38.6. The van der Waals surface area contributed by atoms with Crippen LogP contribution in [0.4, 0.5) is 9.59 Å². The maximum atomic E-state index is 11.3. The molecule has 0 spiro atoms. The van der Waals surface area contributed by atoms with Gasteiger partial charge < -0.3 is 38.6 Å². The van der Waals surface area contributed by atoms with Crippen LogP contribution in [0.1, 0.15) is 49.7 Å². The molecule has 23 heteroatoms. The lowest BCUT2D eigenvalue weighted by molar-refractivity contribution is -0.138. The van der Waals surface area contributed by atoms with Crippen molar-refractivity contribution in [2.75, 3.05) is 39.6 Å². The van der Waals surface area contributed by atoms with E-state index in [4.69, 9.17) is 116 Å². The first-order valence-electron chi connectivity index (χ1n) is 17.6. The van der Waals surface area contributed by atoms with Crippen LogP contribution in [-0.4, -0.2) is 92.7 Å². The van der Waals surface area contributed by atoms with Gasteiger partial charge in [0.2, 0.25) is 5.78 Å². The predicted molar refractivity (Wildman–Crippen MR) is 237 cm³/mol. The van der Waals surface area contributed by atoms with Gasteiger partial charge in [0.1, 0.15) is 11.5 Å². The van der Waals surface area contributed by atoms with E-state index in [0.29, 0.717) is 68.6 Å². The van der Waals surface area contributed by atoms with E-state index in [0.717, 1.165) is 18.2 Å². The zero-order valence-corrected chi connectivity index (χ0v) is 38.6. The van der Waals surface area contributed by atoms with Crippen LogP contribution in [0.15, 0.2) is 86.5 Å². The van der Waals surface area contributed by atoms with Gasteiger partial charge in [-0.05, 0) is 87.1 Å². The van der Waals surface area contributed by atoms with E-state index in [-0.39, 0.29) is 32.2 Å². The maximum Gasteiger partial charge on any atom is 0.513 e. The highest BCUT2D eigenvalue weighted by molar-refractivity contribution is 6.86. The largest absolute Gasteiger partial charge is 0.513 e. The molecule has 346 valence electrons. The van der Waals surface area contributed by atoms with Crippen LogP contribution in [0.2, 0.25) is 0 Å². The molecule has 0 unspecified atom stereocenters. The molecule has 2 aromatic carbocycles. The summed E-state index contributed by atoms with van der Waals surface area (Å²) in [7, 11) is 0. The first kappa shape index (κ1) is 62.5. The number of carbonyl (C=O) groups excluding carboxylic acids is 6. The van der Waals surface area contributed by atoms with Crippen LogP contribution in [0.3, 0.4) is 0 Å². The van der Waals surface area contributed by atoms with Crippen LogP contribution < -0.4 is 4.74 Å². The third kappa shape index (κ3) is 41.0. The Bertz CT molecular complexity index is 1770. The first-order chi connectivity index (χ1) is 29.6. The number of nitrogens with zero attached hydrogens (tertiary/aromatic N) is 2. The quantitative estimate of drug-likeness (QED) is 0.0268. The van der Waals surface area contributed by atoms with Crippen molar-refractivity contribution in [3.8, 4) is 23.6 Å². The van der Waals surface area contributed by atoms with Gasteiger partial charge in [-0.2, -0.15) is 10.5 Å². The fourth-order valence-corrected chi connectivity index (χ4v) is 4.41. The number of nitriles is 2. The van der Waals surface area contributed by atoms with E-state index in [9.17, 15) is 28.8 Å². The summed E-state index contributed by atoms with van der Waals surface area (Å²) >= 11 is 35.5. The molecule has 0 aliphatic carbocycles. The van der Waals surface area contributed by atoms with Gasteiger partial charge in [0.05, 0.1) is 56.3 Å². The molecule has 0 atom stereocenters. The van der Waals surface area contributed by atoms with Crippen molar-refractivity contribution in [1.29, 1.82) is 10.5 Å². The molecule has 2 aromatic rings. The van der Waals surface area contributed by atoms with E-state index < -0.39 is 42.9 Å². The number of phenols is 1. The molecule has 2 rings (SSSR count). The molecule has 0 fully saturated rings. The number of ether oxygens (including phenoxy) is 6. The minimum absolute atomic E-state index is 0.144. The number of hydrogen-bond donors (Lipinski definition) is 2. The van der Waals surface area contributed by atoms with Crippen LogP contribution in [0.25, 0.3) is 0 Å². The van der Waals surface area contributed by atoms with E-state index in [2.05, 4.69) is 33.9 Å². The number of ketones is 1. The number of rotatable bonds is 18. The molecular formula is C40H43Cl7N2O14. The number of halogens is 7. The van der Waals surface area contributed by atoms with Crippen molar-refractivity contribution in [3.63, 3.8) is 0 Å². The van der Waals surface area contributed by atoms with E-state index in [1.165, 1.54) is 36.4 Å². The summed E-state index contributed by atoms with van der Waals surface area (Å²) in [6, 6.07) is 16.1. The van der Waals surface area contributed by atoms with Crippen molar-refractivity contribution < 1.29 is 67.4 Å². The summed E-state index contributed by atoms with van der Waals surface area (Å²) in [6.07, 6.45) is 6.23. The van der Waals surface area contributed by atoms with Gasteiger partial charge in [0.15, 0.2) is 0 Å².